The van der Waals surface area contributed by atoms with Crippen molar-refractivity contribution in [2.75, 3.05) is 4.43 Å². The summed E-state index contributed by atoms with van der Waals surface area (Å²) in [6.45, 7) is 7.64. The highest BCUT2D eigenvalue weighted by Crippen LogP contribution is 2.40. The number of carbonyl (C=O) groups is 1. The lowest BCUT2D eigenvalue weighted by atomic mass is 9.97. The first-order valence-electron chi connectivity index (χ1n) is 4.96. The lowest BCUT2D eigenvalue weighted by Gasteiger charge is -2.35. The summed E-state index contributed by atoms with van der Waals surface area (Å²) in [7, 11) is 0. The first-order valence-corrected chi connectivity index (χ1v) is 6.49. The molecule has 0 spiro atoms. The number of carbonyl (C=O) groups excluding carboxylic acids is 1. The molecule has 0 aromatic carbocycles. The van der Waals surface area contributed by atoms with Gasteiger partial charge in [0.2, 0.25) is 0 Å². The van der Waals surface area contributed by atoms with Crippen molar-refractivity contribution >= 4 is 28.6 Å². The average Bonchev–Trinajstić information content (AvgIpc) is 2.27. The van der Waals surface area contributed by atoms with Crippen LogP contribution in [0.25, 0.3) is 0 Å². The van der Waals surface area contributed by atoms with E-state index in [-0.39, 0.29) is 17.6 Å². The Morgan fingerprint density at radius 1 is 1.53 bits per heavy atom. The predicted octanol–water partition coefficient (Wildman–Crippen LogP) is 1.99. The third kappa shape index (κ3) is 2.45. The Hall–Kier alpha value is 0.120. The molecule has 1 unspecified atom stereocenters. The van der Waals surface area contributed by atoms with E-state index in [0.29, 0.717) is 10.8 Å². The zero-order valence-corrected chi connectivity index (χ0v) is 11.7. The monoisotopic (exact) mass is 327 g/mol. The highest BCUT2D eigenvalue weighted by molar-refractivity contribution is 14.1. The largest absolute Gasteiger partial charge is 0.460 e. The lowest BCUT2D eigenvalue weighted by molar-refractivity contribution is -0.205. The Labute approximate surface area is 104 Å². The standard InChI is InChI=1S/C10H18INO3/c1-9(2)5-7(15-8(13)6-11)10(3,4)12(9)14/h7,14H,5-6H2,1-4H3. The van der Waals surface area contributed by atoms with Crippen LogP contribution in [0, 0.1) is 0 Å². The van der Waals surface area contributed by atoms with Crippen LogP contribution in [0.15, 0.2) is 0 Å². The minimum absolute atomic E-state index is 0.222. The maximum atomic E-state index is 11.2. The number of halogens is 1. The van der Waals surface area contributed by atoms with Crippen molar-refractivity contribution < 1.29 is 14.7 Å². The number of esters is 1. The molecule has 1 atom stereocenters. The van der Waals surface area contributed by atoms with E-state index in [9.17, 15) is 10.0 Å². The highest BCUT2D eigenvalue weighted by Gasteiger charge is 2.53. The maximum Gasteiger partial charge on any atom is 0.316 e. The molecule has 15 heavy (non-hydrogen) atoms. The van der Waals surface area contributed by atoms with Gasteiger partial charge in [-0.3, -0.25) is 4.79 Å². The summed E-state index contributed by atoms with van der Waals surface area (Å²) in [6, 6.07) is 0. The Bertz CT molecular complexity index is 265. The quantitative estimate of drug-likeness (QED) is 0.479. The van der Waals surface area contributed by atoms with Gasteiger partial charge in [0, 0.05) is 12.0 Å². The second kappa shape index (κ2) is 4.18. The molecule has 1 N–H and O–H groups in total. The Morgan fingerprint density at radius 3 is 2.40 bits per heavy atom. The molecule has 5 heteroatoms. The van der Waals surface area contributed by atoms with Gasteiger partial charge < -0.3 is 9.94 Å². The van der Waals surface area contributed by atoms with Crippen LogP contribution in [-0.4, -0.2) is 37.8 Å². The van der Waals surface area contributed by atoms with Gasteiger partial charge in [-0.05, 0) is 27.7 Å². The number of rotatable bonds is 2. The van der Waals surface area contributed by atoms with Crippen LogP contribution in [0.3, 0.4) is 0 Å². The van der Waals surface area contributed by atoms with E-state index in [0.717, 1.165) is 0 Å². The Kier molecular flexibility index (Phi) is 3.67. The fourth-order valence-corrected chi connectivity index (χ4v) is 2.26. The van der Waals surface area contributed by atoms with Crippen molar-refractivity contribution in [1.82, 2.24) is 5.06 Å². The third-order valence-electron chi connectivity index (χ3n) is 2.97. The van der Waals surface area contributed by atoms with E-state index in [4.69, 9.17) is 4.74 Å². The summed E-state index contributed by atoms with van der Waals surface area (Å²) >= 11 is 1.98. The number of alkyl halides is 1. The van der Waals surface area contributed by atoms with E-state index < -0.39 is 5.54 Å². The fourth-order valence-electron chi connectivity index (χ4n) is 2.08. The molecule has 1 saturated heterocycles. The van der Waals surface area contributed by atoms with Gasteiger partial charge in [-0.25, -0.2) is 0 Å². The average molecular weight is 327 g/mol. The van der Waals surface area contributed by atoms with Gasteiger partial charge in [0.1, 0.15) is 6.10 Å². The SMILES string of the molecule is CC1(C)CC(OC(=O)CI)C(C)(C)N1O. The summed E-state index contributed by atoms with van der Waals surface area (Å²) in [5.41, 5.74) is -0.870. The molecular formula is C10H18INO3. The van der Waals surface area contributed by atoms with E-state index in [1.54, 1.807) is 0 Å². The number of hydroxylamine groups is 2. The molecule has 1 aliphatic heterocycles. The van der Waals surface area contributed by atoms with Crippen LogP contribution >= 0.6 is 22.6 Å². The number of nitrogens with zero attached hydrogens (tertiary/aromatic N) is 1. The molecule has 0 aliphatic carbocycles. The van der Waals surface area contributed by atoms with Crippen molar-refractivity contribution in [3.05, 3.63) is 0 Å². The van der Waals surface area contributed by atoms with Crippen LogP contribution < -0.4 is 0 Å². The molecule has 0 aromatic rings. The lowest BCUT2D eigenvalue weighted by Crippen LogP contribution is -2.49. The number of hydrogen-bond donors (Lipinski definition) is 1. The summed E-state index contributed by atoms with van der Waals surface area (Å²) in [6.07, 6.45) is 0.401. The predicted molar refractivity (Wildman–Crippen MR) is 65.2 cm³/mol. The van der Waals surface area contributed by atoms with Gasteiger partial charge in [0.05, 0.1) is 9.97 Å². The van der Waals surface area contributed by atoms with Gasteiger partial charge in [-0.1, -0.05) is 22.6 Å². The van der Waals surface area contributed by atoms with Crippen LogP contribution in [0.1, 0.15) is 34.1 Å². The van der Waals surface area contributed by atoms with Crippen LogP contribution in [0.4, 0.5) is 0 Å². The Balaban J connectivity index is 2.80. The first kappa shape index (κ1) is 13.2. The molecule has 0 bridgehead atoms. The van der Waals surface area contributed by atoms with Crippen molar-refractivity contribution in [3.63, 3.8) is 0 Å². The molecule has 0 aromatic heterocycles. The van der Waals surface area contributed by atoms with Gasteiger partial charge in [0.25, 0.3) is 0 Å². The van der Waals surface area contributed by atoms with Crippen molar-refractivity contribution in [2.24, 2.45) is 0 Å². The van der Waals surface area contributed by atoms with Crippen molar-refractivity contribution in [3.8, 4) is 0 Å². The summed E-state index contributed by atoms with van der Waals surface area (Å²) < 4.78 is 5.68. The van der Waals surface area contributed by atoms with Crippen molar-refractivity contribution in [1.29, 1.82) is 0 Å². The van der Waals surface area contributed by atoms with E-state index in [1.165, 1.54) is 5.06 Å². The zero-order valence-electron chi connectivity index (χ0n) is 9.58. The molecule has 4 nitrogen and oxygen atoms in total. The van der Waals surface area contributed by atoms with Gasteiger partial charge in [-0.2, -0.15) is 5.06 Å². The molecule has 0 amide bonds. The Morgan fingerprint density at radius 2 is 2.07 bits per heavy atom. The summed E-state index contributed by atoms with van der Waals surface area (Å²) in [4.78, 5) is 11.2. The summed E-state index contributed by atoms with van der Waals surface area (Å²) in [5.74, 6) is -0.222. The minimum Gasteiger partial charge on any atom is -0.460 e. The smallest absolute Gasteiger partial charge is 0.316 e. The van der Waals surface area contributed by atoms with Gasteiger partial charge >= 0.3 is 5.97 Å². The van der Waals surface area contributed by atoms with E-state index in [2.05, 4.69) is 0 Å². The van der Waals surface area contributed by atoms with E-state index >= 15 is 0 Å². The van der Waals surface area contributed by atoms with Crippen LogP contribution in [0.2, 0.25) is 0 Å². The molecule has 1 aliphatic rings. The first-order chi connectivity index (χ1) is 6.71. The molecule has 1 rings (SSSR count). The van der Waals surface area contributed by atoms with Crippen molar-refractivity contribution in [2.45, 2.75) is 51.3 Å². The second-order valence-electron chi connectivity index (χ2n) is 5.09. The van der Waals surface area contributed by atoms with E-state index in [1.807, 2.05) is 50.3 Å². The molecule has 1 heterocycles. The highest BCUT2D eigenvalue weighted by atomic mass is 127. The molecular weight excluding hydrogens is 309 g/mol. The maximum absolute atomic E-state index is 11.2. The molecule has 88 valence electrons. The second-order valence-corrected chi connectivity index (χ2v) is 5.86. The number of hydrogen-bond acceptors (Lipinski definition) is 4. The minimum atomic E-state index is -0.523. The van der Waals surface area contributed by atoms with Gasteiger partial charge in [0.15, 0.2) is 0 Å². The fraction of sp³-hybridized carbons (Fsp3) is 0.900. The topological polar surface area (TPSA) is 49.8 Å². The number of ether oxygens (including phenoxy) is 1. The normalized spacial score (nSPS) is 29.1. The third-order valence-corrected chi connectivity index (χ3v) is 3.60. The zero-order chi connectivity index (χ0) is 11.9. The van der Waals surface area contributed by atoms with Gasteiger partial charge in [-0.15, -0.1) is 0 Å². The molecule has 0 radical (unpaired) electrons. The molecule has 1 fully saturated rings. The van der Waals surface area contributed by atoms with Crippen LogP contribution in [-0.2, 0) is 9.53 Å². The molecule has 0 saturated carbocycles. The van der Waals surface area contributed by atoms with Crippen LogP contribution in [0.5, 0.6) is 0 Å². The summed E-state index contributed by atoms with van der Waals surface area (Å²) in [5, 5.41) is 11.3.